The number of hydrogen-bond donors (Lipinski definition) is 2. The molecular formula is C14H17NO5. The Morgan fingerprint density at radius 3 is 2.65 bits per heavy atom. The standard InChI is InChI=1S/C14H17NO5/c16-11-6-12(14(18)19)15(7-11)8-13(17)20-9-10-4-2-1-3-5-10/h1-5,11-12,16H,6-9H2,(H,18,19)/t11-,12-/m1/s1. The maximum Gasteiger partial charge on any atom is 0.321 e. The number of esters is 1. The number of aliphatic hydroxyl groups is 1. The first-order valence-electron chi connectivity index (χ1n) is 6.40. The summed E-state index contributed by atoms with van der Waals surface area (Å²) in [6.45, 7) is 0.214. The van der Waals surface area contributed by atoms with Crippen LogP contribution < -0.4 is 0 Å². The molecule has 0 bridgehead atoms. The molecule has 0 spiro atoms. The third-order valence-corrected chi connectivity index (χ3v) is 3.24. The molecule has 2 rings (SSSR count). The molecule has 2 atom stereocenters. The van der Waals surface area contributed by atoms with Crippen LogP contribution in [0.4, 0.5) is 0 Å². The van der Waals surface area contributed by atoms with Crippen molar-refractivity contribution < 1.29 is 24.5 Å². The summed E-state index contributed by atoms with van der Waals surface area (Å²) in [6.07, 6.45) is -0.570. The first-order chi connectivity index (χ1) is 9.56. The summed E-state index contributed by atoms with van der Waals surface area (Å²) in [5.41, 5.74) is 0.872. The van der Waals surface area contributed by atoms with Crippen LogP contribution in [0, 0.1) is 0 Å². The molecule has 6 heteroatoms. The Hall–Kier alpha value is -1.92. The van der Waals surface area contributed by atoms with Gasteiger partial charge < -0.3 is 14.9 Å². The Labute approximate surface area is 116 Å². The third-order valence-electron chi connectivity index (χ3n) is 3.24. The van der Waals surface area contributed by atoms with Crippen molar-refractivity contribution in [3.63, 3.8) is 0 Å². The maximum absolute atomic E-state index is 11.7. The van der Waals surface area contributed by atoms with Gasteiger partial charge in [0.1, 0.15) is 12.6 Å². The fourth-order valence-corrected chi connectivity index (χ4v) is 2.26. The van der Waals surface area contributed by atoms with Gasteiger partial charge >= 0.3 is 11.9 Å². The minimum atomic E-state index is -1.03. The molecule has 0 saturated carbocycles. The molecule has 0 unspecified atom stereocenters. The molecule has 0 aromatic heterocycles. The van der Waals surface area contributed by atoms with Crippen LogP contribution in [0.3, 0.4) is 0 Å². The summed E-state index contributed by atoms with van der Waals surface area (Å²) in [7, 11) is 0. The highest BCUT2D eigenvalue weighted by molar-refractivity contribution is 5.76. The molecule has 2 N–H and O–H groups in total. The van der Waals surface area contributed by atoms with Crippen molar-refractivity contribution >= 4 is 11.9 Å². The van der Waals surface area contributed by atoms with E-state index in [1.165, 1.54) is 4.90 Å². The van der Waals surface area contributed by atoms with Gasteiger partial charge in [0.25, 0.3) is 0 Å². The SMILES string of the molecule is O=C(CN1C[C@H](O)C[C@@H]1C(=O)O)OCc1ccccc1. The normalized spacial score (nSPS) is 22.6. The monoisotopic (exact) mass is 279 g/mol. The van der Waals surface area contributed by atoms with Gasteiger partial charge in [-0.2, -0.15) is 0 Å². The van der Waals surface area contributed by atoms with Crippen molar-refractivity contribution in [1.29, 1.82) is 0 Å². The number of carbonyl (C=O) groups excluding carboxylic acids is 1. The molecule has 1 fully saturated rings. The van der Waals surface area contributed by atoms with Crippen molar-refractivity contribution in [1.82, 2.24) is 4.90 Å². The van der Waals surface area contributed by atoms with Gasteiger partial charge in [-0.1, -0.05) is 30.3 Å². The number of rotatable bonds is 5. The van der Waals surface area contributed by atoms with Crippen molar-refractivity contribution in [2.45, 2.75) is 25.2 Å². The van der Waals surface area contributed by atoms with E-state index in [0.717, 1.165) is 5.56 Å². The average molecular weight is 279 g/mol. The zero-order chi connectivity index (χ0) is 14.5. The fraction of sp³-hybridized carbons (Fsp3) is 0.429. The second-order valence-electron chi connectivity index (χ2n) is 4.82. The lowest BCUT2D eigenvalue weighted by Crippen LogP contribution is -2.39. The molecule has 1 aromatic carbocycles. The van der Waals surface area contributed by atoms with Gasteiger partial charge in [0.05, 0.1) is 12.6 Å². The molecule has 6 nitrogen and oxygen atoms in total. The largest absolute Gasteiger partial charge is 0.480 e. The first kappa shape index (κ1) is 14.5. The van der Waals surface area contributed by atoms with E-state index in [9.17, 15) is 14.7 Å². The highest BCUT2D eigenvalue weighted by Crippen LogP contribution is 2.17. The predicted octanol–water partition coefficient (Wildman–Crippen LogP) is 0.250. The Morgan fingerprint density at radius 2 is 2.00 bits per heavy atom. The number of benzene rings is 1. The van der Waals surface area contributed by atoms with Gasteiger partial charge in [0, 0.05) is 13.0 Å². The van der Waals surface area contributed by atoms with E-state index in [2.05, 4.69) is 0 Å². The molecule has 1 heterocycles. The number of likely N-dealkylation sites (tertiary alicyclic amines) is 1. The molecule has 0 aliphatic carbocycles. The van der Waals surface area contributed by atoms with Gasteiger partial charge in [0.2, 0.25) is 0 Å². The van der Waals surface area contributed by atoms with Gasteiger partial charge in [-0.15, -0.1) is 0 Å². The van der Waals surface area contributed by atoms with Gasteiger partial charge in [0.15, 0.2) is 0 Å². The molecule has 0 amide bonds. The van der Waals surface area contributed by atoms with Crippen molar-refractivity contribution in [2.24, 2.45) is 0 Å². The molecular weight excluding hydrogens is 262 g/mol. The molecule has 1 aromatic rings. The van der Waals surface area contributed by atoms with Crippen LogP contribution in [0.15, 0.2) is 30.3 Å². The van der Waals surface area contributed by atoms with Crippen LogP contribution in [0.25, 0.3) is 0 Å². The number of carbonyl (C=O) groups is 2. The number of hydrogen-bond acceptors (Lipinski definition) is 5. The molecule has 1 aliphatic rings. The average Bonchev–Trinajstić information content (AvgIpc) is 2.79. The van der Waals surface area contributed by atoms with E-state index in [1.54, 1.807) is 0 Å². The topological polar surface area (TPSA) is 87.1 Å². The third kappa shape index (κ3) is 3.79. The van der Waals surface area contributed by atoms with Gasteiger partial charge in [-0.25, -0.2) is 0 Å². The lowest BCUT2D eigenvalue weighted by Gasteiger charge is -2.19. The lowest BCUT2D eigenvalue weighted by molar-refractivity contribution is -0.149. The van der Waals surface area contributed by atoms with Crippen LogP contribution in [0.1, 0.15) is 12.0 Å². The highest BCUT2D eigenvalue weighted by atomic mass is 16.5. The van der Waals surface area contributed by atoms with Gasteiger partial charge in [-0.3, -0.25) is 14.5 Å². The minimum Gasteiger partial charge on any atom is -0.480 e. The molecule has 108 valence electrons. The van der Waals surface area contributed by atoms with Gasteiger partial charge in [-0.05, 0) is 5.56 Å². The Bertz CT molecular complexity index is 476. The predicted molar refractivity (Wildman–Crippen MR) is 69.9 cm³/mol. The number of nitrogens with zero attached hydrogens (tertiary/aromatic N) is 1. The van der Waals surface area contributed by atoms with Crippen LogP contribution in [0.2, 0.25) is 0 Å². The number of aliphatic hydroxyl groups excluding tert-OH is 1. The maximum atomic E-state index is 11.7. The highest BCUT2D eigenvalue weighted by Gasteiger charge is 2.37. The molecule has 20 heavy (non-hydrogen) atoms. The Kier molecular flexibility index (Phi) is 4.70. The summed E-state index contributed by atoms with van der Waals surface area (Å²) in [4.78, 5) is 24.2. The zero-order valence-corrected chi connectivity index (χ0v) is 10.9. The second kappa shape index (κ2) is 6.49. The quantitative estimate of drug-likeness (QED) is 0.751. The summed E-state index contributed by atoms with van der Waals surface area (Å²) in [5, 5.41) is 18.5. The summed E-state index contributed by atoms with van der Waals surface area (Å²) >= 11 is 0. The zero-order valence-electron chi connectivity index (χ0n) is 10.9. The van der Waals surface area contributed by atoms with Crippen molar-refractivity contribution in [3.8, 4) is 0 Å². The first-order valence-corrected chi connectivity index (χ1v) is 6.40. The number of aliphatic carboxylic acids is 1. The summed E-state index contributed by atoms with van der Waals surface area (Å²) in [5.74, 6) is -1.52. The summed E-state index contributed by atoms with van der Waals surface area (Å²) < 4.78 is 5.10. The van der Waals surface area contributed by atoms with Crippen molar-refractivity contribution in [3.05, 3.63) is 35.9 Å². The van der Waals surface area contributed by atoms with E-state index in [1.807, 2.05) is 30.3 Å². The molecule has 1 aliphatic heterocycles. The Balaban J connectivity index is 1.83. The van der Waals surface area contributed by atoms with Crippen LogP contribution >= 0.6 is 0 Å². The van der Waals surface area contributed by atoms with Crippen LogP contribution in [-0.2, 0) is 20.9 Å². The van der Waals surface area contributed by atoms with E-state index in [0.29, 0.717) is 0 Å². The van der Waals surface area contributed by atoms with Crippen LogP contribution in [-0.4, -0.2) is 52.3 Å². The van der Waals surface area contributed by atoms with E-state index in [4.69, 9.17) is 9.84 Å². The van der Waals surface area contributed by atoms with E-state index in [-0.39, 0.29) is 26.1 Å². The number of ether oxygens (including phenoxy) is 1. The number of carboxylic acid groups (broad SMARTS) is 1. The Morgan fingerprint density at radius 1 is 1.30 bits per heavy atom. The van der Waals surface area contributed by atoms with E-state index >= 15 is 0 Å². The molecule has 0 radical (unpaired) electrons. The number of carboxylic acids is 1. The van der Waals surface area contributed by atoms with Crippen LogP contribution in [0.5, 0.6) is 0 Å². The second-order valence-corrected chi connectivity index (χ2v) is 4.82. The smallest absolute Gasteiger partial charge is 0.321 e. The minimum absolute atomic E-state index is 0.124. The number of β-amino-alcohol motifs (C(OH)–C–C–N with tert-alkyl or cyclic N) is 1. The fourth-order valence-electron chi connectivity index (χ4n) is 2.26. The van der Waals surface area contributed by atoms with E-state index < -0.39 is 24.1 Å². The summed E-state index contributed by atoms with van der Waals surface area (Å²) in [6, 6.07) is 8.42. The lowest BCUT2D eigenvalue weighted by atomic mass is 10.2. The molecule has 1 saturated heterocycles. The van der Waals surface area contributed by atoms with Crippen molar-refractivity contribution in [2.75, 3.05) is 13.1 Å².